The van der Waals surface area contributed by atoms with Crippen LogP contribution in [0.2, 0.25) is 0 Å². The number of hydrogen-bond donors (Lipinski definition) is 1. The summed E-state index contributed by atoms with van der Waals surface area (Å²) in [5, 5.41) is 0. The Morgan fingerprint density at radius 2 is 2.33 bits per heavy atom. The summed E-state index contributed by atoms with van der Waals surface area (Å²) >= 11 is 5.33. The normalized spacial score (nSPS) is 18.4. The van der Waals surface area contributed by atoms with Crippen molar-refractivity contribution in [3.8, 4) is 5.75 Å². The predicted molar refractivity (Wildman–Crippen MR) is 73.7 cm³/mol. The van der Waals surface area contributed by atoms with Gasteiger partial charge in [0.1, 0.15) is 5.75 Å². The number of imidazole rings is 1. The molecular formula is C14H16N2OS. The lowest BCUT2D eigenvalue weighted by Gasteiger charge is -2.27. The van der Waals surface area contributed by atoms with E-state index in [1.807, 2.05) is 18.5 Å². The van der Waals surface area contributed by atoms with Gasteiger partial charge in [-0.25, -0.2) is 0 Å². The van der Waals surface area contributed by atoms with Crippen LogP contribution in [0.3, 0.4) is 0 Å². The van der Waals surface area contributed by atoms with Crippen LogP contribution >= 0.6 is 12.2 Å². The number of aromatic amines is 1. The number of nitrogens with zero attached hydrogens (tertiary/aromatic N) is 1. The molecule has 1 heterocycles. The van der Waals surface area contributed by atoms with Gasteiger partial charge in [-0.05, 0) is 48.7 Å². The fourth-order valence-electron chi connectivity index (χ4n) is 2.85. The van der Waals surface area contributed by atoms with Gasteiger partial charge in [0.05, 0.1) is 13.2 Å². The van der Waals surface area contributed by atoms with E-state index in [1.54, 1.807) is 7.11 Å². The van der Waals surface area contributed by atoms with Crippen LogP contribution in [-0.4, -0.2) is 16.7 Å². The van der Waals surface area contributed by atoms with Crippen molar-refractivity contribution in [3.05, 3.63) is 46.5 Å². The van der Waals surface area contributed by atoms with E-state index in [9.17, 15) is 0 Å². The van der Waals surface area contributed by atoms with Gasteiger partial charge in [-0.15, -0.1) is 0 Å². The fourth-order valence-corrected chi connectivity index (χ4v) is 3.10. The van der Waals surface area contributed by atoms with Crippen LogP contribution < -0.4 is 4.74 Å². The van der Waals surface area contributed by atoms with Crippen molar-refractivity contribution >= 4 is 12.2 Å². The predicted octanol–water partition coefficient (Wildman–Crippen LogP) is 3.48. The largest absolute Gasteiger partial charge is 0.496 e. The Labute approximate surface area is 111 Å². The molecular weight excluding hydrogens is 244 g/mol. The lowest BCUT2D eigenvalue weighted by molar-refractivity contribution is 0.398. The monoisotopic (exact) mass is 260 g/mol. The zero-order valence-electron chi connectivity index (χ0n) is 10.3. The Morgan fingerprint density at radius 1 is 1.44 bits per heavy atom. The molecule has 1 aromatic carbocycles. The average molecular weight is 260 g/mol. The van der Waals surface area contributed by atoms with Gasteiger partial charge in [0, 0.05) is 12.4 Å². The van der Waals surface area contributed by atoms with Gasteiger partial charge in [-0.1, -0.05) is 12.1 Å². The van der Waals surface area contributed by atoms with Crippen LogP contribution in [0.15, 0.2) is 30.6 Å². The minimum atomic E-state index is 0.336. The van der Waals surface area contributed by atoms with Crippen LogP contribution in [0, 0.1) is 4.77 Å². The van der Waals surface area contributed by atoms with Crippen LogP contribution in [0.1, 0.15) is 30.0 Å². The Balaban J connectivity index is 2.13. The van der Waals surface area contributed by atoms with E-state index in [1.165, 1.54) is 17.5 Å². The number of rotatable bonds is 2. The molecule has 18 heavy (non-hydrogen) atoms. The van der Waals surface area contributed by atoms with Gasteiger partial charge in [-0.3, -0.25) is 0 Å². The second kappa shape index (κ2) is 4.61. The molecule has 4 heteroatoms. The first-order chi connectivity index (χ1) is 8.81. The van der Waals surface area contributed by atoms with Crippen LogP contribution in [0.4, 0.5) is 0 Å². The summed E-state index contributed by atoms with van der Waals surface area (Å²) in [5.41, 5.74) is 2.68. The molecule has 2 aromatic rings. The fraction of sp³-hybridized carbons (Fsp3) is 0.357. The molecule has 94 valence electrons. The first-order valence-corrected chi connectivity index (χ1v) is 6.63. The Bertz CT molecular complexity index is 614. The second-order valence-corrected chi connectivity index (χ2v) is 5.00. The topological polar surface area (TPSA) is 29.9 Å². The van der Waals surface area contributed by atoms with E-state index >= 15 is 0 Å². The molecule has 0 saturated heterocycles. The molecule has 1 aliphatic rings. The molecule has 0 aliphatic heterocycles. The third kappa shape index (κ3) is 1.77. The van der Waals surface area contributed by atoms with Crippen molar-refractivity contribution in [3.63, 3.8) is 0 Å². The van der Waals surface area contributed by atoms with Gasteiger partial charge in [0.25, 0.3) is 0 Å². The van der Waals surface area contributed by atoms with Crippen LogP contribution in [-0.2, 0) is 6.42 Å². The molecule has 0 radical (unpaired) electrons. The minimum absolute atomic E-state index is 0.336. The quantitative estimate of drug-likeness (QED) is 0.838. The summed E-state index contributed by atoms with van der Waals surface area (Å²) in [4.78, 5) is 3.07. The molecule has 1 atom stereocenters. The highest BCUT2D eigenvalue weighted by Crippen LogP contribution is 2.37. The van der Waals surface area contributed by atoms with Gasteiger partial charge in [-0.2, -0.15) is 0 Å². The first kappa shape index (κ1) is 11.5. The lowest BCUT2D eigenvalue weighted by Crippen LogP contribution is -2.17. The zero-order chi connectivity index (χ0) is 12.5. The van der Waals surface area contributed by atoms with Crippen molar-refractivity contribution in [2.75, 3.05) is 7.11 Å². The number of nitrogens with one attached hydrogen (secondary N) is 1. The van der Waals surface area contributed by atoms with E-state index in [4.69, 9.17) is 17.0 Å². The smallest absolute Gasteiger partial charge is 0.177 e. The molecule has 3 nitrogen and oxygen atoms in total. The number of methoxy groups -OCH3 is 1. The lowest BCUT2D eigenvalue weighted by atomic mass is 9.87. The number of H-pyrrole nitrogens is 1. The molecule has 0 fully saturated rings. The molecule has 0 bridgehead atoms. The highest BCUT2D eigenvalue weighted by atomic mass is 32.1. The second-order valence-electron chi connectivity index (χ2n) is 4.61. The molecule has 0 spiro atoms. The molecule has 0 saturated carbocycles. The SMILES string of the molecule is COc1cccc2c1CCCC2n1cc[nH]c1=S. The van der Waals surface area contributed by atoms with Gasteiger partial charge in [0.2, 0.25) is 0 Å². The summed E-state index contributed by atoms with van der Waals surface area (Å²) in [6.07, 6.45) is 7.32. The van der Waals surface area contributed by atoms with Crippen molar-refractivity contribution in [1.29, 1.82) is 0 Å². The third-order valence-electron chi connectivity index (χ3n) is 3.66. The van der Waals surface area contributed by atoms with Crippen molar-refractivity contribution in [2.24, 2.45) is 0 Å². The van der Waals surface area contributed by atoms with E-state index in [0.29, 0.717) is 6.04 Å². The molecule has 3 rings (SSSR count). The van der Waals surface area contributed by atoms with Crippen molar-refractivity contribution in [1.82, 2.24) is 9.55 Å². The summed E-state index contributed by atoms with van der Waals surface area (Å²) in [5.74, 6) is 0.999. The Kier molecular flexibility index (Phi) is 2.96. The number of hydrogen-bond acceptors (Lipinski definition) is 2. The first-order valence-electron chi connectivity index (χ1n) is 6.22. The minimum Gasteiger partial charge on any atom is -0.496 e. The summed E-state index contributed by atoms with van der Waals surface area (Å²) in [6.45, 7) is 0. The van der Waals surface area contributed by atoms with Gasteiger partial charge >= 0.3 is 0 Å². The van der Waals surface area contributed by atoms with Crippen molar-refractivity contribution < 1.29 is 4.74 Å². The maximum Gasteiger partial charge on any atom is 0.177 e. The molecule has 0 amide bonds. The van der Waals surface area contributed by atoms with Gasteiger partial charge < -0.3 is 14.3 Å². The van der Waals surface area contributed by atoms with E-state index in [-0.39, 0.29) is 0 Å². The molecule has 1 N–H and O–H groups in total. The average Bonchev–Trinajstić information content (AvgIpc) is 2.83. The van der Waals surface area contributed by atoms with E-state index < -0.39 is 0 Å². The highest BCUT2D eigenvalue weighted by Gasteiger charge is 2.24. The summed E-state index contributed by atoms with van der Waals surface area (Å²) in [7, 11) is 1.74. The third-order valence-corrected chi connectivity index (χ3v) is 3.99. The standard InChI is InChI=1S/C14H16N2OS/c1-17-13-7-3-4-10-11(13)5-2-6-12(10)16-9-8-15-14(16)18/h3-4,7-9,12H,2,5-6H2,1H3,(H,15,18). The number of fused-ring (bicyclic) bond motifs is 1. The van der Waals surface area contributed by atoms with Crippen LogP contribution in [0.25, 0.3) is 0 Å². The van der Waals surface area contributed by atoms with Crippen LogP contribution in [0.5, 0.6) is 5.75 Å². The maximum atomic E-state index is 5.47. The van der Waals surface area contributed by atoms with Gasteiger partial charge in [0.15, 0.2) is 4.77 Å². The number of ether oxygens (including phenoxy) is 1. The highest BCUT2D eigenvalue weighted by molar-refractivity contribution is 7.71. The maximum absolute atomic E-state index is 5.47. The summed E-state index contributed by atoms with van der Waals surface area (Å²) in [6, 6.07) is 6.63. The molecule has 1 aromatic heterocycles. The zero-order valence-corrected chi connectivity index (χ0v) is 11.2. The van der Waals surface area contributed by atoms with Crippen molar-refractivity contribution in [2.45, 2.75) is 25.3 Å². The Morgan fingerprint density at radius 3 is 3.06 bits per heavy atom. The molecule has 1 unspecified atom stereocenters. The van der Waals surface area contributed by atoms with E-state index in [0.717, 1.165) is 23.4 Å². The summed E-state index contributed by atoms with van der Waals surface area (Å²) < 4.78 is 8.40. The Hall–Kier alpha value is -1.55. The number of benzene rings is 1. The number of aromatic nitrogens is 2. The molecule has 1 aliphatic carbocycles. The van der Waals surface area contributed by atoms with E-state index in [2.05, 4.69) is 21.7 Å².